The Morgan fingerprint density at radius 3 is 2.78 bits per heavy atom. The second kappa shape index (κ2) is 7.46. The van der Waals surface area contributed by atoms with Gasteiger partial charge in [-0.1, -0.05) is 33.8 Å². The first-order valence-corrected chi connectivity index (χ1v) is 9.16. The van der Waals surface area contributed by atoms with Gasteiger partial charge in [0.05, 0.1) is 12.0 Å². The Balaban J connectivity index is 1.77. The number of nitrogens with one attached hydrogen (secondary N) is 1. The number of amides is 1. The van der Waals surface area contributed by atoms with Crippen molar-refractivity contribution in [3.05, 3.63) is 28.2 Å². The molecule has 0 aliphatic carbocycles. The van der Waals surface area contributed by atoms with Crippen LogP contribution in [0.1, 0.15) is 5.56 Å². The van der Waals surface area contributed by atoms with Gasteiger partial charge in [-0.2, -0.15) is 5.10 Å². The number of piperazine rings is 1. The number of anilines is 1. The molecule has 2 saturated heterocycles. The van der Waals surface area contributed by atoms with E-state index in [4.69, 9.17) is 0 Å². The highest BCUT2D eigenvalue weighted by atomic mass is 79.9. The minimum Gasteiger partial charge on any atom is -0.368 e. The Morgan fingerprint density at radius 2 is 2.09 bits per heavy atom. The summed E-state index contributed by atoms with van der Waals surface area (Å²) in [7, 11) is 2.14. The fraction of sp³-hybridized carbons (Fsp3) is 0.400. The normalized spacial score (nSPS) is 21.4. The van der Waals surface area contributed by atoms with E-state index in [1.54, 1.807) is 6.21 Å². The molecule has 122 valence electrons. The first-order chi connectivity index (χ1) is 11.1. The van der Waals surface area contributed by atoms with E-state index in [1.165, 1.54) is 11.8 Å². The maximum atomic E-state index is 11.1. The highest BCUT2D eigenvalue weighted by Gasteiger charge is 2.17. The predicted octanol–water partition coefficient (Wildman–Crippen LogP) is 1.75. The summed E-state index contributed by atoms with van der Waals surface area (Å²) in [5, 5.41) is 11.4. The van der Waals surface area contributed by atoms with Gasteiger partial charge < -0.3 is 15.1 Å². The van der Waals surface area contributed by atoms with Crippen molar-refractivity contribution >= 4 is 50.7 Å². The number of amidine groups is 1. The molecule has 1 aromatic rings. The molecule has 0 unspecified atom stereocenters. The van der Waals surface area contributed by atoms with Crippen LogP contribution in [0.4, 0.5) is 5.69 Å². The van der Waals surface area contributed by atoms with Gasteiger partial charge in [-0.05, 0) is 19.2 Å². The predicted molar refractivity (Wildman–Crippen MR) is 99.5 cm³/mol. The molecular weight excluding hydrogens is 378 g/mol. The highest BCUT2D eigenvalue weighted by Crippen LogP contribution is 2.25. The lowest BCUT2D eigenvalue weighted by Crippen LogP contribution is -2.44. The number of thioether (sulfide) groups is 1. The van der Waals surface area contributed by atoms with Crippen LogP contribution in [0, 0.1) is 0 Å². The van der Waals surface area contributed by atoms with Gasteiger partial charge in [0.1, 0.15) is 0 Å². The fourth-order valence-corrected chi connectivity index (χ4v) is 3.45. The minimum absolute atomic E-state index is 0.0225. The Morgan fingerprint density at radius 1 is 1.30 bits per heavy atom. The van der Waals surface area contributed by atoms with E-state index in [0.717, 1.165) is 41.9 Å². The molecule has 2 aliphatic heterocycles. The molecule has 0 spiro atoms. The van der Waals surface area contributed by atoms with Gasteiger partial charge >= 0.3 is 0 Å². The molecule has 2 aliphatic rings. The second-order valence-electron chi connectivity index (χ2n) is 5.48. The Bertz CT molecular complexity index is 655. The summed E-state index contributed by atoms with van der Waals surface area (Å²) >= 11 is 4.92. The largest absolute Gasteiger partial charge is 0.368 e. The number of carbonyl (C=O) groups excluding carboxylic acids is 1. The topological polar surface area (TPSA) is 60.3 Å². The number of nitrogens with zero attached hydrogens (tertiary/aromatic N) is 4. The van der Waals surface area contributed by atoms with Crippen LogP contribution < -0.4 is 10.2 Å². The third-order valence-electron chi connectivity index (χ3n) is 3.77. The molecule has 2 heterocycles. The van der Waals surface area contributed by atoms with Gasteiger partial charge in [-0.3, -0.25) is 4.79 Å². The van der Waals surface area contributed by atoms with Crippen molar-refractivity contribution in [2.75, 3.05) is 43.9 Å². The van der Waals surface area contributed by atoms with Crippen LogP contribution in [-0.4, -0.2) is 61.2 Å². The van der Waals surface area contributed by atoms with Crippen LogP contribution in [0.3, 0.4) is 0 Å². The maximum Gasteiger partial charge on any atom is 0.236 e. The molecule has 0 atom stereocenters. The molecule has 0 saturated carbocycles. The zero-order valence-electron chi connectivity index (χ0n) is 12.8. The summed E-state index contributed by atoms with van der Waals surface area (Å²) in [6.45, 7) is 4.09. The van der Waals surface area contributed by atoms with E-state index in [9.17, 15) is 4.79 Å². The molecule has 2 fully saturated rings. The van der Waals surface area contributed by atoms with Crippen molar-refractivity contribution in [3.8, 4) is 0 Å². The zero-order valence-corrected chi connectivity index (χ0v) is 15.2. The Labute approximate surface area is 148 Å². The van der Waals surface area contributed by atoms with Crippen molar-refractivity contribution in [2.24, 2.45) is 10.2 Å². The lowest BCUT2D eigenvalue weighted by molar-refractivity contribution is -0.116. The first-order valence-electron chi connectivity index (χ1n) is 7.38. The summed E-state index contributed by atoms with van der Waals surface area (Å²) in [5.41, 5.74) is 2.18. The minimum atomic E-state index is -0.0225. The number of benzene rings is 1. The van der Waals surface area contributed by atoms with Crippen LogP contribution in [0.2, 0.25) is 0 Å². The molecule has 3 rings (SSSR count). The van der Waals surface area contributed by atoms with E-state index >= 15 is 0 Å². The van der Waals surface area contributed by atoms with E-state index in [1.807, 2.05) is 12.1 Å². The third kappa shape index (κ3) is 4.33. The fourth-order valence-electron chi connectivity index (χ4n) is 2.47. The molecule has 1 N–H and O–H groups in total. The van der Waals surface area contributed by atoms with Crippen LogP contribution >= 0.6 is 27.7 Å². The quantitative estimate of drug-likeness (QED) is 0.625. The van der Waals surface area contributed by atoms with E-state index in [-0.39, 0.29) is 5.91 Å². The highest BCUT2D eigenvalue weighted by molar-refractivity contribution is 9.10. The van der Waals surface area contributed by atoms with Crippen molar-refractivity contribution < 1.29 is 4.79 Å². The summed E-state index contributed by atoms with van der Waals surface area (Å²) in [5.74, 6) is 0.393. The van der Waals surface area contributed by atoms with Crippen LogP contribution in [0.25, 0.3) is 0 Å². The molecule has 23 heavy (non-hydrogen) atoms. The average molecular weight is 396 g/mol. The van der Waals surface area contributed by atoms with E-state index < -0.39 is 0 Å². The smallest absolute Gasteiger partial charge is 0.236 e. The van der Waals surface area contributed by atoms with E-state index in [0.29, 0.717) is 10.9 Å². The Kier molecular flexibility index (Phi) is 5.34. The summed E-state index contributed by atoms with van der Waals surface area (Å²) in [4.78, 5) is 15.8. The molecular formula is C15H18BrN5OS. The summed E-state index contributed by atoms with van der Waals surface area (Å²) in [6.07, 6.45) is 1.75. The summed E-state index contributed by atoms with van der Waals surface area (Å²) < 4.78 is 1.05. The maximum absolute atomic E-state index is 11.1. The van der Waals surface area contributed by atoms with Crippen molar-refractivity contribution in [2.45, 2.75) is 0 Å². The monoisotopic (exact) mass is 395 g/mol. The van der Waals surface area contributed by atoms with Crippen LogP contribution in [0.15, 0.2) is 32.9 Å². The third-order valence-corrected chi connectivity index (χ3v) is 5.13. The van der Waals surface area contributed by atoms with Crippen molar-refractivity contribution in [1.82, 2.24) is 10.2 Å². The van der Waals surface area contributed by atoms with Crippen molar-refractivity contribution in [3.63, 3.8) is 0 Å². The average Bonchev–Trinajstić information content (AvgIpc) is 2.95. The van der Waals surface area contributed by atoms with Gasteiger partial charge in [-0.15, -0.1) is 5.10 Å². The van der Waals surface area contributed by atoms with Gasteiger partial charge in [0.15, 0.2) is 5.17 Å². The number of carbonyl (C=O) groups is 1. The standard InChI is InChI=1S/C15H18BrN5OS/c1-20-4-6-21(7-5-20)13-8-12(16)3-2-11(13)9-17-19-15-18-14(22)10-23-15/h2-3,8-9H,4-7,10H2,1H3,(H,18,19,22). The van der Waals surface area contributed by atoms with E-state index in [2.05, 4.69) is 54.4 Å². The van der Waals surface area contributed by atoms with Gasteiger partial charge in [0.25, 0.3) is 0 Å². The van der Waals surface area contributed by atoms with Gasteiger partial charge in [0, 0.05) is 41.9 Å². The van der Waals surface area contributed by atoms with Gasteiger partial charge in [0.2, 0.25) is 5.91 Å². The van der Waals surface area contributed by atoms with Crippen LogP contribution in [0.5, 0.6) is 0 Å². The molecule has 8 heteroatoms. The molecule has 0 aromatic heterocycles. The van der Waals surface area contributed by atoms with Crippen molar-refractivity contribution in [1.29, 1.82) is 0 Å². The molecule has 1 amide bonds. The summed E-state index contributed by atoms with van der Waals surface area (Å²) in [6, 6.07) is 6.15. The number of likely N-dealkylation sites (N-methyl/N-ethyl adjacent to an activating group) is 1. The SMILES string of the molecule is CN1CCN(c2cc(Br)ccc2C=NN=C2NC(=O)CS2)CC1. The molecule has 1 aromatic carbocycles. The Hall–Kier alpha value is -1.38. The molecule has 6 nitrogen and oxygen atoms in total. The van der Waals surface area contributed by atoms with Gasteiger partial charge in [-0.25, -0.2) is 0 Å². The number of hydrogen-bond donors (Lipinski definition) is 1. The number of rotatable bonds is 3. The molecule has 0 bridgehead atoms. The van der Waals surface area contributed by atoms with Crippen LogP contribution in [-0.2, 0) is 4.79 Å². The lowest BCUT2D eigenvalue weighted by atomic mass is 10.1. The molecule has 0 radical (unpaired) electrons. The first kappa shape index (κ1) is 16.5. The lowest BCUT2D eigenvalue weighted by Gasteiger charge is -2.34. The number of halogens is 1. The number of hydrogen-bond acceptors (Lipinski definition) is 6. The second-order valence-corrected chi connectivity index (χ2v) is 7.36. The zero-order chi connectivity index (χ0) is 16.2.